The van der Waals surface area contributed by atoms with Crippen LogP contribution in [0.5, 0.6) is 0 Å². The molecule has 0 aliphatic rings. The van der Waals surface area contributed by atoms with E-state index in [1.54, 1.807) is 48.5 Å². The molecule has 0 fully saturated rings. The van der Waals surface area contributed by atoms with Crippen molar-refractivity contribution in [2.45, 2.75) is 11.4 Å². The molecule has 0 radical (unpaired) electrons. The van der Waals surface area contributed by atoms with Crippen LogP contribution in [-0.2, 0) is 26.1 Å². The van der Waals surface area contributed by atoms with Gasteiger partial charge in [0.2, 0.25) is 10.0 Å². The fourth-order valence-corrected chi connectivity index (χ4v) is 3.33. The molecule has 0 heterocycles. The van der Waals surface area contributed by atoms with E-state index in [0.29, 0.717) is 11.1 Å². The van der Waals surface area contributed by atoms with Gasteiger partial charge >= 0.3 is 5.97 Å². The molecule has 0 aromatic heterocycles. The molecule has 0 aliphatic carbocycles. The SMILES string of the molecule is NS(=O)(=O)c1ccc(CNC(=O)COC(=O)c2ccccc2NC(=O)c2ccccc2)cc1. The van der Waals surface area contributed by atoms with Gasteiger partial charge in [0.1, 0.15) is 0 Å². The van der Waals surface area contributed by atoms with Crippen LogP contribution in [0.15, 0.2) is 83.8 Å². The molecule has 0 saturated carbocycles. The molecule has 10 heteroatoms. The molecular formula is C23H21N3O6S. The summed E-state index contributed by atoms with van der Waals surface area (Å²) in [6.45, 7) is -0.430. The van der Waals surface area contributed by atoms with Gasteiger partial charge in [-0.2, -0.15) is 0 Å². The van der Waals surface area contributed by atoms with Crippen LogP contribution in [0.1, 0.15) is 26.3 Å². The van der Waals surface area contributed by atoms with E-state index in [1.807, 2.05) is 0 Å². The predicted molar refractivity (Wildman–Crippen MR) is 121 cm³/mol. The predicted octanol–water partition coefficient (Wildman–Crippen LogP) is 2.06. The molecule has 3 aromatic rings. The lowest BCUT2D eigenvalue weighted by Gasteiger charge is -2.11. The number of hydrogen-bond donors (Lipinski definition) is 3. The number of carbonyl (C=O) groups excluding carboxylic acids is 3. The van der Waals surface area contributed by atoms with Gasteiger partial charge in [-0.3, -0.25) is 9.59 Å². The third kappa shape index (κ3) is 6.73. The van der Waals surface area contributed by atoms with Crippen molar-refractivity contribution in [2.24, 2.45) is 5.14 Å². The summed E-state index contributed by atoms with van der Waals surface area (Å²) in [5, 5.41) is 10.3. The van der Waals surface area contributed by atoms with Gasteiger partial charge in [0.25, 0.3) is 11.8 Å². The summed E-state index contributed by atoms with van der Waals surface area (Å²) in [5.41, 5.74) is 1.42. The molecule has 0 spiro atoms. The zero-order valence-electron chi connectivity index (χ0n) is 17.4. The summed E-state index contributed by atoms with van der Waals surface area (Å²) >= 11 is 0. The maximum Gasteiger partial charge on any atom is 0.340 e. The molecule has 9 nitrogen and oxygen atoms in total. The highest BCUT2D eigenvalue weighted by atomic mass is 32.2. The zero-order valence-corrected chi connectivity index (χ0v) is 18.2. The topological polar surface area (TPSA) is 145 Å². The second-order valence-corrected chi connectivity index (χ2v) is 8.47. The van der Waals surface area contributed by atoms with Crippen molar-refractivity contribution in [3.05, 3.63) is 95.6 Å². The Balaban J connectivity index is 1.54. The van der Waals surface area contributed by atoms with Crippen LogP contribution >= 0.6 is 0 Å². The van der Waals surface area contributed by atoms with Crippen LogP contribution in [0.3, 0.4) is 0 Å². The molecule has 4 N–H and O–H groups in total. The van der Waals surface area contributed by atoms with Crippen molar-refractivity contribution >= 4 is 33.5 Å². The third-order valence-electron chi connectivity index (χ3n) is 4.51. The van der Waals surface area contributed by atoms with Gasteiger partial charge in [0.15, 0.2) is 6.61 Å². The number of para-hydroxylation sites is 1. The fraction of sp³-hybridized carbons (Fsp3) is 0.0870. The lowest BCUT2D eigenvalue weighted by atomic mass is 10.1. The first kappa shape index (κ1) is 23.6. The Morgan fingerprint density at radius 1 is 0.848 bits per heavy atom. The van der Waals surface area contributed by atoms with Crippen molar-refractivity contribution in [1.29, 1.82) is 0 Å². The molecule has 0 saturated heterocycles. The zero-order chi connectivity index (χ0) is 23.8. The molecule has 3 rings (SSSR count). The Morgan fingerprint density at radius 3 is 2.15 bits per heavy atom. The number of carbonyl (C=O) groups is 3. The summed E-state index contributed by atoms with van der Waals surface area (Å²) in [6, 6.07) is 20.5. The van der Waals surface area contributed by atoms with E-state index in [2.05, 4.69) is 10.6 Å². The average Bonchev–Trinajstić information content (AvgIpc) is 2.81. The number of sulfonamides is 1. The first-order chi connectivity index (χ1) is 15.7. The first-order valence-electron chi connectivity index (χ1n) is 9.75. The molecule has 2 amide bonds. The Bertz CT molecular complexity index is 1260. The van der Waals surface area contributed by atoms with Gasteiger partial charge < -0.3 is 15.4 Å². The Morgan fingerprint density at radius 2 is 1.48 bits per heavy atom. The highest BCUT2D eigenvalue weighted by Crippen LogP contribution is 2.17. The number of amides is 2. The summed E-state index contributed by atoms with van der Waals surface area (Å²) in [6.07, 6.45) is 0. The Kier molecular flexibility index (Phi) is 7.54. The second-order valence-electron chi connectivity index (χ2n) is 6.91. The Hall–Kier alpha value is -4.02. The largest absolute Gasteiger partial charge is 0.452 e. The lowest BCUT2D eigenvalue weighted by Crippen LogP contribution is -2.28. The minimum Gasteiger partial charge on any atom is -0.452 e. The number of primary sulfonamides is 1. The normalized spacial score (nSPS) is 10.8. The molecule has 33 heavy (non-hydrogen) atoms. The summed E-state index contributed by atoms with van der Waals surface area (Å²) in [7, 11) is -3.79. The van der Waals surface area contributed by atoms with E-state index in [9.17, 15) is 22.8 Å². The van der Waals surface area contributed by atoms with Crippen LogP contribution in [0, 0.1) is 0 Å². The number of hydrogen-bond acceptors (Lipinski definition) is 6. The van der Waals surface area contributed by atoms with Crippen LogP contribution in [0.2, 0.25) is 0 Å². The molecule has 170 valence electrons. The maximum absolute atomic E-state index is 12.5. The second kappa shape index (κ2) is 10.5. The van der Waals surface area contributed by atoms with E-state index >= 15 is 0 Å². The first-order valence-corrected chi connectivity index (χ1v) is 11.3. The standard InChI is InChI=1S/C23H21N3O6S/c24-33(30,31)18-12-10-16(11-13-18)14-25-21(27)15-32-23(29)19-8-4-5-9-20(19)26-22(28)17-6-2-1-3-7-17/h1-13H,14-15H2,(H,25,27)(H,26,28)(H2,24,30,31). The number of ether oxygens (including phenoxy) is 1. The highest BCUT2D eigenvalue weighted by Gasteiger charge is 2.16. The fourth-order valence-electron chi connectivity index (χ4n) is 2.81. The summed E-state index contributed by atoms with van der Waals surface area (Å²) < 4.78 is 27.6. The van der Waals surface area contributed by atoms with Crippen molar-refractivity contribution in [3.63, 3.8) is 0 Å². The minimum absolute atomic E-state index is 0.0375. The number of nitrogens with two attached hydrogens (primary N) is 1. The van der Waals surface area contributed by atoms with Crippen molar-refractivity contribution in [2.75, 3.05) is 11.9 Å². The smallest absolute Gasteiger partial charge is 0.340 e. The number of esters is 1. The van der Waals surface area contributed by atoms with Gasteiger partial charge in [0.05, 0.1) is 16.1 Å². The van der Waals surface area contributed by atoms with Crippen LogP contribution in [-0.4, -0.2) is 32.8 Å². The average molecular weight is 468 g/mol. The molecule has 0 unspecified atom stereocenters. The van der Waals surface area contributed by atoms with E-state index in [-0.39, 0.29) is 28.6 Å². The van der Waals surface area contributed by atoms with Crippen molar-refractivity contribution in [3.8, 4) is 0 Å². The number of benzene rings is 3. The van der Waals surface area contributed by atoms with E-state index in [4.69, 9.17) is 9.88 Å². The van der Waals surface area contributed by atoms with E-state index < -0.39 is 28.5 Å². The number of rotatable bonds is 8. The quantitative estimate of drug-likeness (QED) is 0.433. The van der Waals surface area contributed by atoms with Crippen molar-refractivity contribution < 1.29 is 27.5 Å². The molecular weight excluding hydrogens is 446 g/mol. The van der Waals surface area contributed by atoms with Gasteiger partial charge in [-0.1, -0.05) is 42.5 Å². The Labute approximate surface area is 190 Å². The molecule has 0 atom stereocenters. The highest BCUT2D eigenvalue weighted by molar-refractivity contribution is 7.89. The molecule has 0 bridgehead atoms. The third-order valence-corrected chi connectivity index (χ3v) is 5.44. The lowest BCUT2D eigenvalue weighted by molar-refractivity contribution is -0.124. The van der Waals surface area contributed by atoms with Gasteiger partial charge in [0, 0.05) is 12.1 Å². The van der Waals surface area contributed by atoms with E-state index in [1.165, 1.54) is 30.3 Å². The van der Waals surface area contributed by atoms with Gasteiger partial charge in [-0.25, -0.2) is 18.4 Å². The van der Waals surface area contributed by atoms with Crippen LogP contribution in [0.25, 0.3) is 0 Å². The molecule has 0 aliphatic heterocycles. The number of nitrogens with one attached hydrogen (secondary N) is 2. The van der Waals surface area contributed by atoms with Crippen molar-refractivity contribution in [1.82, 2.24) is 5.32 Å². The molecule has 3 aromatic carbocycles. The summed E-state index contributed by atoms with van der Waals surface area (Å²) in [5.74, 6) is -1.71. The summed E-state index contributed by atoms with van der Waals surface area (Å²) in [4.78, 5) is 36.9. The van der Waals surface area contributed by atoms with Gasteiger partial charge in [-0.15, -0.1) is 0 Å². The minimum atomic E-state index is -3.79. The maximum atomic E-state index is 12.5. The van der Waals surface area contributed by atoms with E-state index in [0.717, 1.165) is 0 Å². The monoisotopic (exact) mass is 467 g/mol. The van der Waals surface area contributed by atoms with Gasteiger partial charge in [-0.05, 0) is 42.0 Å². The van der Waals surface area contributed by atoms with Crippen LogP contribution < -0.4 is 15.8 Å². The van der Waals surface area contributed by atoms with Crippen LogP contribution in [0.4, 0.5) is 5.69 Å². The number of anilines is 1.